The van der Waals surface area contributed by atoms with Gasteiger partial charge in [0.15, 0.2) is 5.78 Å². The van der Waals surface area contributed by atoms with Crippen LogP contribution < -0.4 is 0 Å². The number of rotatable bonds is 0. The van der Waals surface area contributed by atoms with Gasteiger partial charge in [0.2, 0.25) is 0 Å². The first-order chi connectivity index (χ1) is 5.27. The summed E-state index contributed by atoms with van der Waals surface area (Å²) in [5, 5.41) is 9.16. The van der Waals surface area contributed by atoms with E-state index in [1.807, 2.05) is 0 Å². The molecule has 0 bridgehead atoms. The average Bonchev–Trinajstić information content (AvgIpc) is 2.33. The second-order valence-corrected chi connectivity index (χ2v) is 2.99. The van der Waals surface area contributed by atoms with Crippen LogP contribution in [0.1, 0.15) is 19.3 Å². The van der Waals surface area contributed by atoms with Gasteiger partial charge in [-0.1, -0.05) is 0 Å². The molecule has 1 aliphatic carbocycles. The summed E-state index contributed by atoms with van der Waals surface area (Å²) in [5.41, 5.74) is 0.726. The molecular formula is C8H10O3. The summed E-state index contributed by atoms with van der Waals surface area (Å²) in [6.07, 6.45) is 1.32. The summed E-state index contributed by atoms with van der Waals surface area (Å²) in [4.78, 5) is 11.1. The monoisotopic (exact) mass is 154 g/mol. The Hall–Kier alpha value is -0.830. The number of hydrogen-bond donors (Lipinski definition) is 1. The maximum absolute atomic E-state index is 11.1. The van der Waals surface area contributed by atoms with Crippen molar-refractivity contribution in [2.24, 2.45) is 0 Å². The van der Waals surface area contributed by atoms with Crippen molar-refractivity contribution in [3.05, 3.63) is 11.3 Å². The van der Waals surface area contributed by atoms with E-state index in [4.69, 9.17) is 9.84 Å². The van der Waals surface area contributed by atoms with Crippen molar-refractivity contribution in [3.63, 3.8) is 0 Å². The van der Waals surface area contributed by atoms with Crippen LogP contribution in [-0.4, -0.2) is 23.6 Å². The van der Waals surface area contributed by atoms with Gasteiger partial charge in [0.05, 0.1) is 6.10 Å². The van der Waals surface area contributed by atoms with E-state index in [1.165, 1.54) is 0 Å². The minimum absolute atomic E-state index is 0.152. The fourth-order valence-electron chi connectivity index (χ4n) is 1.56. The van der Waals surface area contributed by atoms with E-state index in [0.29, 0.717) is 19.4 Å². The third kappa shape index (κ3) is 1.05. The number of hydrogen-bond acceptors (Lipinski definition) is 3. The molecule has 1 heterocycles. The van der Waals surface area contributed by atoms with Crippen molar-refractivity contribution < 1.29 is 14.6 Å². The fourth-order valence-corrected chi connectivity index (χ4v) is 1.56. The van der Waals surface area contributed by atoms with Crippen molar-refractivity contribution in [3.8, 4) is 0 Å². The topological polar surface area (TPSA) is 46.5 Å². The van der Waals surface area contributed by atoms with E-state index < -0.39 is 6.10 Å². The van der Waals surface area contributed by atoms with E-state index in [-0.39, 0.29) is 5.78 Å². The van der Waals surface area contributed by atoms with Crippen LogP contribution in [0.4, 0.5) is 0 Å². The maximum Gasteiger partial charge on any atom is 0.162 e. The highest BCUT2D eigenvalue weighted by atomic mass is 16.5. The number of carbonyl (C=O) groups excluding carboxylic acids is 1. The minimum Gasteiger partial charge on any atom is -0.495 e. The van der Waals surface area contributed by atoms with Crippen LogP contribution in [-0.2, 0) is 9.53 Å². The lowest BCUT2D eigenvalue weighted by atomic mass is 10.1. The lowest BCUT2D eigenvalue weighted by Crippen LogP contribution is -2.22. The molecule has 0 radical (unpaired) electrons. The molecule has 1 aliphatic heterocycles. The lowest BCUT2D eigenvalue weighted by Gasteiger charge is -2.19. The zero-order valence-corrected chi connectivity index (χ0v) is 6.17. The molecule has 3 nitrogen and oxygen atoms in total. The number of aliphatic hydroxyl groups excluding tert-OH is 1. The molecule has 0 aromatic carbocycles. The van der Waals surface area contributed by atoms with Crippen LogP contribution in [0, 0.1) is 0 Å². The van der Waals surface area contributed by atoms with Gasteiger partial charge >= 0.3 is 0 Å². The minimum atomic E-state index is -0.476. The fraction of sp³-hybridized carbons (Fsp3) is 0.625. The van der Waals surface area contributed by atoms with Crippen molar-refractivity contribution >= 4 is 5.78 Å². The summed E-state index contributed by atoms with van der Waals surface area (Å²) in [7, 11) is 0. The van der Waals surface area contributed by atoms with Crippen LogP contribution in [0.3, 0.4) is 0 Å². The summed E-state index contributed by atoms with van der Waals surface area (Å²) in [6, 6.07) is 0. The van der Waals surface area contributed by atoms with Gasteiger partial charge in [-0.3, -0.25) is 4.79 Å². The van der Waals surface area contributed by atoms with E-state index in [1.54, 1.807) is 0 Å². The van der Waals surface area contributed by atoms with E-state index >= 15 is 0 Å². The number of carbonyl (C=O) groups is 1. The van der Waals surface area contributed by atoms with Crippen molar-refractivity contribution in [1.82, 2.24) is 0 Å². The molecule has 0 spiro atoms. The summed E-state index contributed by atoms with van der Waals surface area (Å²) < 4.78 is 5.19. The zero-order valence-electron chi connectivity index (χ0n) is 6.17. The predicted octanol–water partition coefficient (Wildman–Crippen LogP) is 0.385. The Balaban J connectivity index is 2.24. The van der Waals surface area contributed by atoms with Gasteiger partial charge in [-0.15, -0.1) is 0 Å². The molecule has 0 fully saturated rings. The molecule has 2 aliphatic rings. The van der Waals surface area contributed by atoms with E-state index in [9.17, 15) is 4.79 Å². The SMILES string of the molecule is O=C1CCC2=C1CC(O)CO2. The van der Waals surface area contributed by atoms with Crippen LogP contribution >= 0.6 is 0 Å². The van der Waals surface area contributed by atoms with Gasteiger partial charge in [-0.2, -0.15) is 0 Å². The molecule has 0 aromatic rings. The Morgan fingerprint density at radius 1 is 1.45 bits per heavy atom. The van der Waals surface area contributed by atoms with Crippen LogP contribution in [0.2, 0.25) is 0 Å². The molecule has 0 amide bonds. The maximum atomic E-state index is 11.1. The quantitative estimate of drug-likeness (QED) is 0.548. The Labute approximate surface area is 64.7 Å². The smallest absolute Gasteiger partial charge is 0.162 e. The van der Waals surface area contributed by atoms with Gasteiger partial charge < -0.3 is 9.84 Å². The third-order valence-corrected chi connectivity index (χ3v) is 2.14. The number of ketones is 1. The highest BCUT2D eigenvalue weighted by Crippen LogP contribution is 2.30. The number of allylic oxidation sites excluding steroid dienone is 1. The van der Waals surface area contributed by atoms with Crippen LogP contribution in [0.15, 0.2) is 11.3 Å². The van der Waals surface area contributed by atoms with E-state index in [2.05, 4.69) is 0 Å². The Bertz CT molecular complexity index is 229. The van der Waals surface area contributed by atoms with Crippen molar-refractivity contribution in [2.75, 3.05) is 6.61 Å². The van der Waals surface area contributed by atoms with Crippen LogP contribution in [0.5, 0.6) is 0 Å². The Morgan fingerprint density at radius 3 is 3.09 bits per heavy atom. The first-order valence-corrected chi connectivity index (χ1v) is 3.83. The second kappa shape index (κ2) is 2.34. The molecule has 60 valence electrons. The van der Waals surface area contributed by atoms with Crippen LogP contribution in [0.25, 0.3) is 0 Å². The number of ether oxygens (including phenoxy) is 1. The van der Waals surface area contributed by atoms with Gasteiger partial charge in [0, 0.05) is 24.8 Å². The van der Waals surface area contributed by atoms with Gasteiger partial charge in [0.1, 0.15) is 12.4 Å². The third-order valence-electron chi connectivity index (χ3n) is 2.14. The highest BCUT2D eigenvalue weighted by Gasteiger charge is 2.30. The molecule has 2 rings (SSSR count). The number of aliphatic hydroxyl groups is 1. The lowest BCUT2D eigenvalue weighted by molar-refractivity contribution is -0.115. The molecule has 0 saturated heterocycles. The van der Waals surface area contributed by atoms with Crippen molar-refractivity contribution in [2.45, 2.75) is 25.4 Å². The largest absolute Gasteiger partial charge is 0.495 e. The summed E-state index contributed by atoms with van der Waals surface area (Å²) in [5.74, 6) is 0.971. The Kier molecular flexibility index (Phi) is 1.46. The Morgan fingerprint density at radius 2 is 2.27 bits per heavy atom. The molecule has 0 aromatic heterocycles. The molecular weight excluding hydrogens is 144 g/mol. The zero-order chi connectivity index (χ0) is 7.84. The first-order valence-electron chi connectivity index (χ1n) is 3.83. The predicted molar refractivity (Wildman–Crippen MR) is 37.8 cm³/mol. The molecule has 11 heavy (non-hydrogen) atoms. The molecule has 1 atom stereocenters. The summed E-state index contributed by atoms with van der Waals surface area (Å²) in [6.45, 7) is 0.353. The van der Waals surface area contributed by atoms with Gasteiger partial charge in [0.25, 0.3) is 0 Å². The average molecular weight is 154 g/mol. The first kappa shape index (κ1) is 6.85. The molecule has 1 unspecified atom stereocenters. The highest BCUT2D eigenvalue weighted by molar-refractivity contribution is 5.98. The van der Waals surface area contributed by atoms with Crippen molar-refractivity contribution in [1.29, 1.82) is 0 Å². The molecule has 0 saturated carbocycles. The number of Topliss-reactive ketones (excluding diaryl/α,β-unsaturated/α-hetero) is 1. The second-order valence-electron chi connectivity index (χ2n) is 2.99. The van der Waals surface area contributed by atoms with Gasteiger partial charge in [-0.05, 0) is 0 Å². The normalized spacial score (nSPS) is 30.3. The standard InChI is InChI=1S/C8H10O3/c9-5-3-6-7(10)1-2-8(6)11-4-5/h5,9H,1-4H2. The van der Waals surface area contributed by atoms with E-state index in [0.717, 1.165) is 17.8 Å². The summed E-state index contributed by atoms with van der Waals surface area (Å²) >= 11 is 0. The van der Waals surface area contributed by atoms with Gasteiger partial charge in [-0.25, -0.2) is 0 Å². The molecule has 1 N–H and O–H groups in total. The molecule has 3 heteroatoms.